The molecule has 2 aliphatic carbocycles. The first kappa shape index (κ1) is 18.7. The van der Waals surface area contributed by atoms with Crippen LogP contribution in [0, 0.1) is 22.7 Å². The van der Waals surface area contributed by atoms with E-state index in [2.05, 4.69) is 0 Å². The molecule has 1 saturated heterocycles. The van der Waals surface area contributed by atoms with E-state index in [-0.39, 0.29) is 18.3 Å². The maximum atomic E-state index is 13.2. The highest BCUT2D eigenvalue weighted by molar-refractivity contribution is 5.81. The largest absolute Gasteiger partial charge is 0.472 e. The molecule has 1 spiro atoms. The van der Waals surface area contributed by atoms with Crippen LogP contribution in [0.15, 0.2) is 34.7 Å². The normalized spacial score (nSPS) is 44.1. The van der Waals surface area contributed by atoms with Crippen LogP contribution in [0.2, 0.25) is 0 Å². The lowest BCUT2D eigenvalue weighted by Crippen LogP contribution is -2.63. The van der Waals surface area contributed by atoms with E-state index in [1.165, 1.54) is 12.3 Å². The van der Waals surface area contributed by atoms with Crippen molar-refractivity contribution in [3.63, 3.8) is 0 Å². The van der Waals surface area contributed by atoms with Gasteiger partial charge in [0.2, 0.25) is 0 Å². The number of fused-ring (bicyclic) bond motifs is 2. The van der Waals surface area contributed by atoms with Crippen LogP contribution in [-0.2, 0) is 9.53 Å². The fourth-order valence-electron chi connectivity index (χ4n) is 5.86. The molecule has 0 radical (unpaired) electrons. The van der Waals surface area contributed by atoms with E-state index >= 15 is 0 Å². The molecule has 1 aromatic heterocycles. The zero-order valence-corrected chi connectivity index (χ0v) is 15.2. The predicted octanol–water partition coefficient (Wildman–Crippen LogP) is 0.933. The maximum Gasteiger partial charge on any atom is 0.313 e. The van der Waals surface area contributed by atoms with Crippen molar-refractivity contribution < 1.29 is 34.4 Å². The number of aliphatic hydroxyl groups excluding tert-OH is 4. The molecular weight excluding hydrogens is 352 g/mol. The van der Waals surface area contributed by atoms with Gasteiger partial charge in [-0.15, -0.1) is 0 Å². The minimum absolute atomic E-state index is 0.202. The number of rotatable bonds is 3. The summed E-state index contributed by atoms with van der Waals surface area (Å²) < 4.78 is 10.8. The standard InChI is InChI=1S/C20H26O7/c1-11-4-17(24)20(10-22)13(8-21)5-14(23)6-16(20)19(11)7-15(27-18(19)25)12-2-3-26-9-12/h2-3,5,9,11,14-17,21-24H,4,6-8,10H2,1H3/t11-,14-,15+,16-,17-,19-,20+/m1/s1. The molecule has 0 amide bonds. The van der Waals surface area contributed by atoms with Crippen molar-refractivity contribution >= 4 is 5.97 Å². The van der Waals surface area contributed by atoms with E-state index in [1.54, 1.807) is 12.3 Å². The van der Waals surface area contributed by atoms with Crippen LogP contribution >= 0.6 is 0 Å². The van der Waals surface area contributed by atoms with Crippen molar-refractivity contribution in [1.82, 2.24) is 0 Å². The van der Waals surface area contributed by atoms with Crippen LogP contribution in [-0.4, -0.2) is 51.8 Å². The van der Waals surface area contributed by atoms with Crippen molar-refractivity contribution in [1.29, 1.82) is 0 Å². The predicted molar refractivity (Wildman–Crippen MR) is 93.2 cm³/mol. The molecule has 1 aromatic rings. The van der Waals surface area contributed by atoms with Crippen LogP contribution in [0.25, 0.3) is 0 Å². The molecule has 4 N–H and O–H groups in total. The van der Waals surface area contributed by atoms with Gasteiger partial charge < -0.3 is 29.6 Å². The Morgan fingerprint density at radius 2 is 2.04 bits per heavy atom. The lowest BCUT2D eigenvalue weighted by molar-refractivity contribution is -0.183. The maximum absolute atomic E-state index is 13.2. The number of furan rings is 1. The average molecular weight is 378 g/mol. The van der Waals surface area contributed by atoms with Crippen molar-refractivity contribution in [2.75, 3.05) is 13.2 Å². The minimum atomic E-state index is -1.16. The Morgan fingerprint density at radius 1 is 1.26 bits per heavy atom. The summed E-state index contributed by atoms with van der Waals surface area (Å²) in [5, 5.41) is 41.6. The summed E-state index contributed by atoms with van der Waals surface area (Å²) in [6.45, 7) is 1.11. The second-order valence-electron chi connectivity index (χ2n) is 8.25. The van der Waals surface area contributed by atoms with Crippen molar-refractivity contribution in [2.24, 2.45) is 22.7 Å². The van der Waals surface area contributed by atoms with E-state index in [1.807, 2.05) is 6.92 Å². The quantitative estimate of drug-likeness (QED) is 0.456. The number of cyclic esters (lactones) is 1. The summed E-state index contributed by atoms with van der Waals surface area (Å²) >= 11 is 0. The molecule has 0 bridgehead atoms. The smallest absolute Gasteiger partial charge is 0.313 e. The highest BCUT2D eigenvalue weighted by Crippen LogP contribution is 2.65. The zero-order valence-electron chi connectivity index (χ0n) is 15.2. The molecule has 0 unspecified atom stereocenters. The van der Waals surface area contributed by atoms with E-state index in [0.29, 0.717) is 18.4 Å². The molecule has 7 atom stereocenters. The first-order chi connectivity index (χ1) is 12.9. The third-order valence-electron chi connectivity index (χ3n) is 7.26. The summed E-state index contributed by atoms with van der Waals surface area (Å²) in [5.41, 5.74) is -0.959. The number of hydrogen-bond acceptors (Lipinski definition) is 7. The Hall–Kier alpha value is -1.67. The summed E-state index contributed by atoms with van der Waals surface area (Å²) in [6, 6.07) is 1.76. The fourth-order valence-corrected chi connectivity index (χ4v) is 5.86. The molecule has 7 heteroatoms. The van der Waals surface area contributed by atoms with Gasteiger partial charge in [-0.25, -0.2) is 0 Å². The fraction of sp³-hybridized carbons (Fsp3) is 0.650. The van der Waals surface area contributed by atoms with Gasteiger partial charge in [0.25, 0.3) is 0 Å². The van der Waals surface area contributed by atoms with Crippen molar-refractivity contribution in [3.8, 4) is 0 Å². The first-order valence-electron chi connectivity index (χ1n) is 9.42. The van der Waals surface area contributed by atoms with E-state index in [0.717, 1.165) is 5.56 Å². The molecule has 7 nitrogen and oxygen atoms in total. The van der Waals surface area contributed by atoms with E-state index in [9.17, 15) is 25.2 Å². The van der Waals surface area contributed by atoms with Gasteiger partial charge in [-0.1, -0.05) is 13.0 Å². The summed E-state index contributed by atoms with van der Waals surface area (Å²) in [4.78, 5) is 13.2. The number of aliphatic hydroxyl groups is 4. The Balaban J connectivity index is 1.83. The molecule has 148 valence electrons. The highest BCUT2D eigenvalue weighted by atomic mass is 16.6. The van der Waals surface area contributed by atoms with Gasteiger partial charge in [0.15, 0.2) is 0 Å². The molecule has 1 aliphatic heterocycles. The molecule has 1 saturated carbocycles. The second kappa shape index (κ2) is 6.44. The van der Waals surface area contributed by atoms with Gasteiger partial charge in [-0.3, -0.25) is 4.79 Å². The molecule has 0 aromatic carbocycles. The third-order valence-corrected chi connectivity index (χ3v) is 7.26. The molecule has 2 heterocycles. The van der Waals surface area contributed by atoms with Crippen LogP contribution in [0.3, 0.4) is 0 Å². The van der Waals surface area contributed by atoms with E-state index < -0.39 is 48.3 Å². The van der Waals surface area contributed by atoms with Crippen LogP contribution in [0.1, 0.15) is 37.9 Å². The summed E-state index contributed by atoms with van der Waals surface area (Å²) in [6.07, 6.45) is 3.25. The SMILES string of the molecule is C[C@@H]1C[C@@H](O)[C@@]2(CO)C(CO)=C[C@@H](O)C[C@@H]2[C@@]12C[C@@H](c1ccoc1)OC2=O. The van der Waals surface area contributed by atoms with Gasteiger partial charge in [-0.2, -0.15) is 0 Å². The number of carbonyl (C=O) groups is 1. The topological polar surface area (TPSA) is 120 Å². The van der Waals surface area contributed by atoms with Gasteiger partial charge in [-0.05, 0) is 36.3 Å². The molecule has 27 heavy (non-hydrogen) atoms. The van der Waals surface area contributed by atoms with Crippen LogP contribution in [0.4, 0.5) is 0 Å². The Labute approximate surface area is 157 Å². The van der Waals surface area contributed by atoms with Crippen molar-refractivity contribution in [2.45, 2.75) is 44.5 Å². The Kier molecular flexibility index (Phi) is 4.46. The van der Waals surface area contributed by atoms with Crippen LogP contribution < -0.4 is 0 Å². The summed E-state index contributed by atoms with van der Waals surface area (Å²) in [7, 11) is 0. The first-order valence-corrected chi connectivity index (χ1v) is 9.42. The minimum Gasteiger partial charge on any atom is -0.472 e. The lowest BCUT2D eigenvalue weighted by atomic mass is 9.45. The monoisotopic (exact) mass is 378 g/mol. The number of carbonyl (C=O) groups excluding carboxylic acids is 1. The van der Waals surface area contributed by atoms with Gasteiger partial charge in [0.1, 0.15) is 6.10 Å². The number of ether oxygens (including phenoxy) is 1. The van der Waals surface area contributed by atoms with Gasteiger partial charge in [0.05, 0.1) is 43.4 Å². The lowest BCUT2D eigenvalue weighted by Gasteiger charge is -2.59. The summed E-state index contributed by atoms with van der Waals surface area (Å²) in [5.74, 6) is -1.12. The number of hydrogen-bond donors (Lipinski definition) is 4. The average Bonchev–Trinajstić information content (AvgIpc) is 3.28. The van der Waals surface area contributed by atoms with Gasteiger partial charge in [0, 0.05) is 17.4 Å². The number of esters is 1. The molecule has 4 rings (SSSR count). The Bertz CT molecular complexity index is 742. The van der Waals surface area contributed by atoms with E-state index in [4.69, 9.17) is 9.15 Å². The Morgan fingerprint density at radius 3 is 2.67 bits per heavy atom. The molecule has 3 aliphatic rings. The molecular formula is C20H26O7. The third kappa shape index (κ3) is 2.38. The van der Waals surface area contributed by atoms with Gasteiger partial charge >= 0.3 is 5.97 Å². The highest BCUT2D eigenvalue weighted by Gasteiger charge is 2.69. The van der Waals surface area contributed by atoms with Crippen molar-refractivity contribution in [3.05, 3.63) is 35.8 Å². The molecule has 2 fully saturated rings. The van der Waals surface area contributed by atoms with Crippen LogP contribution in [0.5, 0.6) is 0 Å². The second-order valence-corrected chi connectivity index (χ2v) is 8.25. The zero-order chi connectivity index (χ0) is 19.4.